The molecule has 0 spiro atoms. The minimum Gasteiger partial charge on any atom is -0.465 e. The molecular formula is C18H19N3O2S. The van der Waals surface area contributed by atoms with Gasteiger partial charge in [-0.25, -0.2) is 4.79 Å². The van der Waals surface area contributed by atoms with Crippen LogP contribution in [0.25, 0.3) is 0 Å². The number of ether oxygens (including phenoxy) is 1. The van der Waals surface area contributed by atoms with Crippen LogP contribution in [0.2, 0.25) is 0 Å². The number of rotatable bonds is 5. The van der Waals surface area contributed by atoms with Crippen molar-refractivity contribution in [3.05, 3.63) is 71.3 Å². The molecule has 124 valence electrons. The Kier molecular flexibility index (Phi) is 6.45. The van der Waals surface area contributed by atoms with E-state index in [1.807, 2.05) is 43.3 Å². The summed E-state index contributed by atoms with van der Waals surface area (Å²) in [4.78, 5) is 11.7. The van der Waals surface area contributed by atoms with Gasteiger partial charge in [-0.1, -0.05) is 48.5 Å². The van der Waals surface area contributed by atoms with E-state index < -0.39 is 5.97 Å². The predicted molar refractivity (Wildman–Crippen MR) is 99.1 cm³/mol. The Bertz CT molecular complexity index is 732. The standard InChI is InChI=1S/C18H19N3O2S/c1-13(14-8-4-3-5-9-14)20-18(24)21-19-12-15-10-6-7-11-16(15)17(22)23-2/h3-13H,1-2H3,(H2,20,21,24)/t13-/m1/s1. The van der Waals surface area contributed by atoms with Crippen molar-refractivity contribution in [3.8, 4) is 0 Å². The van der Waals surface area contributed by atoms with E-state index in [0.717, 1.165) is 5.56 Å². The molecule has 0 saturated carbocycles. The summed E-state index contributed by atoms with van der Waals surface area (Å²) < 4.78 is 4.75. The zero-order valence-electron chi connectivity index (χ0n) is 13.5. The maximum absolute atomic E-state index is 11.7. The fraction of sp³-hybridized carbons (Fsp3) is 0.167. The van der Waals surface area contributed by atoms with Crippen LogP contribution in [0.15, 0.2) is 59.7 Å². The van der Waals surface area contributed by atoms with Crippen molar-refractivity contribution in [2.45, 2.75) is 13.0 Å². The Morgan fingerprint density at radius 1 is 1.17 bits per heavy atom. The lowest BCUT2D eigenvalue weighted by Crippen LogP contribution is -2.34. The Morgan fingerprint density at radius 2 is 1.83 bits per heavy atom. The third-order valence-corrected chi connectivity index (χ3v) is 3.59. The lowest BCUT2D eigenvalue weighted by Gasteiger charge is -2.15. The van der Waals surface area contributed by atoms with Gasteiger partial charge in [0.15, 0.2) is 5.11 Å². The summed E-state index contributed by atoms with van der Waals surface area (Å²) in [6.45, 7) is 2.01. The fourth-order valence-electron chi connectivity index (χ4n) is 2.12. The molecule has 0 fully saturated rings. The Morgan fingerprint density at radius 3 is 2.54 bits per heavy atom. The van der Waals surface area contributed by atoms with Gasteiger partial charge in [0, 0.05) is 5.56 Å². The summed E-state index contributed by atoms with van der Waals surface area (Å²) in [6.07, 6.45) is 1.54. The summed E-state index contributed by atoms with van der Waals surface area (Å²) >= 11 is 5.23. The van der Waals surface area contributed by atoms with Gasteiger partial charge in [-0.05, 0) is 30.8 Å². The summed E-state index contributed by atoms with van der Waals surface area (Å²) in [5, 5.41) is 7.63. The topological polar surface area (TPSA) is 62.7 Å². The van der Waals surface area contributed by atoms with Gasteiger partial charge in [-0.15, -0.1) is 0 Å². The first-order chi connectivity index (χ1) is 11.6. The molecule has 5 nitrogen and oxygen atoms in total. The van der Waals surface area contributed by atoms with E-state index in [2.05, 4.69) is 15.8 Å². The molecule has 0 aliphatic rings. The summed E-state index contributed by atoms with van der Waals surface area (Å²) in [6, 6.07) is 17.1. The van der Waals surface area contributed by atoms with Gasteiger partial charge >= 0.3 is 5.97 Å². The Labute approximate surface area is 146 Å². The molecule has 24 heavy (non-hydrogen) atoms. The molecule has 0 amide bonds. The number of nitrogens with one attached hydrogen (secondary N) is 2. The second-order valence-corrected chi connectivity index (χ2v) is 5.46. The maximum atomic E-state index is 11.7. The van der Waals surface area contributed by atoms with E-state index in [0.29, 0.717) is 16.2 Å². The second kappa shape index (κ2) is 8.79. The maximum Gasteiger partial charge on any atom is 0.338 e. The third-order valence-electron chi connectivity index (χ3n) is 3.38. The molecule has 0 aromatic heterocycles. The summed E-state index contributed by atoms with van der Waals surface area (Å²) in [5.74, 6) is -0.407. The normalized spacial score (nSPS) is 11.8. The number of methoxy groups -OCH3 is 1. The smallest absolute Gasteiger partial charge is 0.338 e. The van der Waals surface area contributed by atoms with E-state index in [1.165, 1.54) is 13.3 Å². The van der Waals surface area contributed by atoms with Gasteiger partial charge in [-0.3, -0.25) is 5.43 Å². The Balaban J connectivity index is 1.95. The molecule has 0 unspecified atom stereocenters. The summed E-state index contributed by atoms with van der Waals surface area (Å²) in [5.41, 5.74) is 4.98. The monoisotopic (exact) mass is 341 g/mol. The number of benzene rings is 2. The molecule has 2 rings (SSSR count). The highest BCUT2D eigenvalue weighted by Crippen LogP contribution is 2.10. The number of nitrogens with zero attached hydrogens (tertiary/aromatic N) is 1. The lowest BCUT2D eigenvalue weighted by molar-refractivity contribution is 0.0600. The van der Waals surface area contributed by atoms with Crippen LogP contribution in [0.3, 0.4) is 0 Å². The first kappa shape index (κ1) is 17.6. The van der Waals surface area contributed by atoms with Crippen LogP contribution in [0.1, 0.15) is 34.5 Å². The van der Waals surface area contributed by atoms with E-state index in [1.54, 1.807) is 18.2 Å². The zero-order chi connectivity index (χ0) is 17.4. The zero-order valence-corrected chi connectivity index (χ0v) is 14.3. The van der Waals surface area contributed by atoms with E-state index in [-0.39, 0.29) is 6.04 Å². The molecule has 0 bridgehead atoms. The number of esters is 1. The summed E-state index contributed by atoms with van der Waals surface area (Å²) in [7, 11) is 1.35. The van der Waals surface area contributed by atoms with Gasteiger partial charge in [0.25, 0.3) is 0 Å². The molecule has 0 heterocycles. The van der Waals surface area contributed by atoms with Gasteiger partial charge < -0.3 is 10.1 Å². The molecular weight excluding hydrogens is 322 g/mol. The molecule has 0 aliphatic carbocycles. The van der Waals surface area contributed by atoms with Crippen LogP contribution in [0, 0.1) is 0 Å². The third kappa shape index (κ3) is 4.89. The molecule has 0 radical (unpaired) electrons. The van der Waals surface area contributed by atoms with Crippen LogP contribution in [-0.2, 0) is 4.74 Å². The van der Waals surface area contributed by atoms with Crippen LogP contribution in [-0.4, -0.2) is 24.4 Å². The lowest BCUT2D eigenvalue weighted by atomic mass is 10.1. The number of hydrazone groups is 1. The van der Waals surface area contributed by atoms with Crippen LogP contribution >= 0.6 is 12.2 Å². The number of carbonyl (C=O) groups is 1. The fourth-order valence-corrected chi connectivity index (χ4v) is 2.35. The average molecular weight is 341 g/mol. The number of carbonyl (C=O) groups excluding carboxylic acids is 1. The van der Waals surface area contributed by atoms with Crippen LogP contribution < -0.4 is 10.7 Å². The Hall–Kier alpha value is -2.73. The highest BCUT2D eigenvalue weighted by Gasteiger charge is 2.09. The average Bonchev–Trinajstić information content (AvgIpc) is 2.62. The molecule has 0 aliphatic heterocycles. The minimum atomic E-state index is -0.407. The van der Waals surface area contributed by atoms with E-state index >= 15 is 0 Å². The van der Waals surface area contributed by atoms with Crippen LogP contribution in [0.4, 0.5) is 0 Å². The van der Waals surface area contributed by atoms with Crippen molar-refractivity contribution < 1.29 is 9.53 Å². The van der Waals surface area contributed by atoms with Gasteiger partial charge in [0.1, 0.15) is 0 Å². The highest BCUT2D eigenvalue weighted by atomic mass is 32.1. The molecule has 2 aromatic carbocycles. The molecule has 2 N–H and O–H groups in total. The predicted octanol–water partition coefficient (Wildman–Crippen LogP) is 3.03. The van der Waals surface area contributed by atoms with E-state index in [9.17, 15) is 4.79 Å². The molecule has 0 saturated heterocycles. The molecule has 1 atom stereocenters. The van der Waals surface area contributed by atoms with Crippen molar-refractivity contribution in [1.82, 2.24) is 10.7 Å². The molecule has 2 aromatic rings. The van der Waals surface area contributed by atoms with E-state index in [4.69, 9.17) is 17.0 Å². The highest BCUT2D eigenvalue weighted by molar-refractivity contribution is 7.80. The quantitative estimate of drug-likeness (QED) is 0.379. The van der Waals surface area contributed by atoms with Crippen molar-refractivity contribution in [2.24, 2.45) is 5.10 Å². The van der Waals surface area contributed by atoms with Crippen molar-refractivity contribution in [1.29, 1.82) is 0 Å². The molecule has 6 heteroatoms. The largest absolute Gasteiger partial charge is 0.465 e. The number of thiocarbonyl (C=S) groups is 1. The van der Waals surface area contributed by atoms with Gasteiger partial charge in [0.2, 0.25) is 0 Å². The van der Waals surface area contributed by atoms with Crippen molar-refractivity contribution >= 4 is 29.5 Å². The first-order valence-corrected chi connectivity index (χ1v) is 7.84. The van der Waals surface area contributed by atoms with Gasteiger partial charge in [-0.2, -0.15) is 5.10 Å². The van der Waals surface area contributed by atoms with Gasteiger partial charge in [0.05, 0.1) is 24.9 Å². The van der Waals surface area contributed by atoms with Crippen molar-refractivity contribution in [3.63, 3.8) is 0 Å². The number of hydrogen-bond donors (Lipinski definition) is 2. The SMILES string of the molecule is COC(=O)c1ccccc1C=NNC(=S)N[C@H](C)c1ccccc1. The van der Waals surface area contributed by atoms with Crippen molar-refractivity contribution in [2.75, 3.05) is 7.11 Å². The second-order valence-electron chi connectivity index (χ2n) is 5.05. The first-order valence-electron chi connectivity index (χ1n) is 7.43. The minimum absolute atomic E-state index is 0.0590. The van der Waals surface area contributed by atoms with Crippen LogP contribution in [0.5, 0.6) is 0 Å². The number of hydrogen-bond acceptors (Lipinski definition) is 4.